The van der Waals surface area contributed by atoms with Gasteiger partial charge in [-0.05, 0) is 48.9 Å². The molecule has 0 saturated carbocycles. The van der Waals surface area contributed by atoms with E-state index >= 15 is 0 Å². The van der Waals surface area contributed by atoms with Crippen molar-refractivity contribution in [3.05, 3.63) is 57.6 Å². The van der Waals surface area contributed by atoms with Crippen LogP contribution in [0.3, 0.4) is 0 Å². The van der Waals surface area contributed by atoms with E-state index in [0.717, 1.165) is 11.3 Å². The Hall–Kier alpha value is -2.44. The summed E-state index contributed by atoms with van der Waals surface area (Å²) in [5.74, 6) is -0.286. The van der Waals surface area contributed by atoms with Crippen LogP contribution >= 0.6 is 23.2 Å². The van der Waals surface area contributed by atoms with Gasteiger partial charge in [0.15, 0.2) is 0 Å². The number of anilines is 2. The molecule has 3 amide bonds. The van der Waals surface area contributed by atoms with Crippen LogP contribution < -0.4 is 20.9 Å². The van der Waals surface area contributed by atoms with Crippen molar-refractivity contribution in [3.8, 4) is 0 Å². The van der Waals surface area contributed by atoms with Crippen molar-refractivity contribution in [1.29, 1.82) is 0 Å². The van der Waals surface area contributed by atoms with Gasteiger partial charge in [-0.25, -0.2) is 4.79 Å². The average molecular weight is 409 g/mol. The Morgan fingerprint density at radius 2 is 1.67 bits per heavy atom. The average Bonchev–Trinajstić information content (AvgIpc) is 2.60. The summed E-state index contributed by atoms with van der Waals surface area (Å²) in [6.45, 7) is 2.55. The highest BCUT2D eigenvalue weighted by atomic mass is 35.5. The molecule has 0 atom stereocenters. The van der Waals surface area contributed by atoms with Crippen LogP contribution in [0, 0.1) is 6.92 Å². The highest BCUT2D eigenvalue weighted by Crippen LogP contribution is 2.23. The Kier molecular flexibility index (Phi) is 7.33. The maximum Gasteiger partial charge on any atom is 0.319 e. The van der Waals surface area contributed by atoms with Crippen LogP contribution in [0.1, 0.15) is 15.9 Å². The van der Waals surface area contributed by atoms with Crippen molar-refractivity contribution >= 4 is 46.5 Å². The number of carbonyl (C=O) groups is 2. The molecule has 0 bridgehead atoms. The Morgan fingerprint density at radius 3 is 2.30 bits per heavy atom. The van der Waals surface area contributed by atoms with Crippen LogP contribution in [-0.2, 0) is 0 Å². The predicted molar refractivity (Wildman–Crippen MR) is 111 cm³/mol. The number of nitrogens with zero attached hydrogens (tertiary/aromatic N) is 1. The molecule has 2 rings (SSSR count). The fourth-order valence-corrected chi connectivity index (χ4v) is 2.80. The fourth-order valence-electron chi connectivity index (χ4n) is 2.50. The highest BCUT2D eigenvalue weighted by molar-refractivity contribution is 6.42. The van der Waals surface area contributed by atoms with Crippen LogP contribution in [0.2, 0.25) is 10.0 Å². The molecule has 3 N–H and O–H groups in total. The highest BCUT2D eigenvalue weighted by Gasteiger charge is 2.08. The minimum atomic E-state index is -0.337. The lowest BCUT2D eigenvalue weighted by Crippen LogP contribution is -2.36. The number of urea groups is 1. The first kappa shape index (κ1) is 20.9. The zero-order valence-corrected chi connectivity index (χ0v) is 16.9. The number of hydrogen-bond donors (Lipinski definition) is 3. The third-order valence-electron chi connectivity index (χ3n) is 3.81. The molecule has 0 heterocycles. The first-order valence-electron chi connectivity index (χ1n) is 8.34. The van der Waals surface area contributed by atoms with Gasteiger partial charge in [0, 0.05) is 44.1 Å². The second-order valence-electron chi connectivity index (χ2n) is 6.16. The molecule has 0 aliphatic carbocycles. The molecular formula is C19H22Cl2N4O2. The van der Waals surface area contributed by atoms with E-state index in [2.05, 4.69) is 16.0 Å². The minimum Gasteiger partial charge on any atom is -0.377 e. The van der Waals surface area contributed by atoms with Gasteiger partial charge in [-0.15, -0.1) is 0 Å². The number of benzene rings is 2. The zero-order valence-electron chi connectivity index (χ0n) is 15.4. The molecule has 0 spiro atoms. The molecule has 0 aliphatic heterocycles. The third-order valence-corrected chi connectivity index (χ3v) is 4.55. The number of rotatable bonds is 6. The Balaban J connectivity index is 1.76. The molecule has 2 aromatic rings. The molecule has 0 aliphatic rings. The summed E-state index contributed by atoms with van der Waals surface area (Å²) < 4.78 is 0. The Labute approximate surface area is 168 Å². The smallest absolute Gasteiger partial charge is 0.319 e. The summed E-state index contributed by atoms with van der Waals surface area (Å²) in [4.78, 5) is 26.0. The first-order chi connectivity index (χ1) is 12.8. The number of hydrogen-bond acceptors (Lipinski definition) is 3. The Bertz CT molecular complexity index is 840. The lowest BCUT2D eigenvalue weighted by Gasteiger charge is -2.16. The van der Waals surface area contributed by atoms with E-state index in [4.69, 9.17) is 23.2 Å². The van der Waals surface area contributed by atoms with E-state index in [-0.39, 0.29) is 25.0 Å². The van der Waals surface area contributed by atoms with E-state index in [1.165, 1.54) is 6.07 Å². The van der Waals surface area contributed by atoms with Crippen LogP contribution in [0.25, 0.3) is 0 Å². The molecule has 27 heavy (non-hydrogen) atoms. The van der Waals surface area contributed by atoms with E-state index in [9.17, 15) is 9.59 Å². The number of amides is 3. The number of halogens is 2. The molecule has 144 valence electrons. The second-order valence-corrected chi connectivity index (χ2v) is 6.98. The normalized spacial score (nSPS) is 10.3. The summed E-state index contributed by atoms with van der Waals surface area (Å²) in [6.07, 6.45) is 0. The largest absolute Gasteiger partial charge is 0.377 e. The second kappa shape index (κ2) is 9.48. The van der Waals surface area contributed by atoms with Gasteiger partial charge >= 0.3 is 6.03 Å². The van der Waals surface area contributed by atoms with Gasteiger partial charge < -0.3 is 20.9 Å². The molecule has 0 unspecified atom stereocenters. The summed E-state index contributed by atoms with van der Waals surface area (Å²) >= 11 is 11.7. The molecule has 2 aromatic carbocycles. The molecule has 8 heteroatoms. The molecule has 0 saturated heterocycles. The van der Waals surface area contributed by atoms with Gasteiger partial charge in [0.05, 0.1) is 10.0 Å². The van der Waals surface area contributed by atoms with Gasteiger partial charge in [-0.3, -0.25) is 4.79 Å². The van der Waals surface area contributed by atoms with Crippen LogP contribution in [-0.4, -0.2) is 39.1 Å². The lowest BCUT2D eigenvalue weighted by molar-refractivity contribution is 0.0954. The number of aryl methyl sites for hydroxylation is 1. The van der Waals surface area contributed by atoms with Gasteiger partial charge in [0.1, 0.15) is 0 Å². The molecule has 0 fully saturated rings. The number of nitrogens with one attached hydrogen (secondary N) is 3. The van der Waals surface area contributed by atoms with Gasteiger partial charge in [-0.1, -0.05) is 23.2 Å². The summed E-state index contributed by atoms with van der Waals surface area (Å²) in [7, 11) is 3.93. The predicted octanol–water partition coefficient (Wildman–Crippen LogP) is 3.92. The SMILES string of the molecule is Cc1cc(NC(=O)NCCNC(=O)c2ccc(Cl)c(Cl)c2)ccc1N(C)C. The molecular weight excluding hydrogens is 387 g/mol. The fraction of sp³-hybridized carbons (Fsp3) is 0.263. The van der Waals surface area contributed by atoms with Crippen molar-refractivity contribution < 1.29 is 9.59 Å². The quantitative estimate of drug-likeness (QED) is 0.634. The van der Waals surface area contributed by atoms with Crippen molar-refractivity contribution in [3.63, 3.8) is 0 Å². The maximum atomic E-state index is 12.0. The summed E-state index contributed by atoms with van der Waals surface area (Å²) in [5.41, 5.74) is 3.26. The summed E-state index contributed by atoms with van der Waals surface area (Å²) in [5, 5.41) is 8.87. The minimum absolute atomic E-state index is 0.283. The van der Waals surface area contributed by atoms with Gasteiger partial charge in [-0.2, -0.15) is 0 Å². The summed E-state index contributed by atoms with van der Waals surface area (Å²) in [6, 6.07) is 10.0. The van der Waals surface area contributed by atoms with E-state index in [0.29, 0.717) is 21.3 Å². The van der Waals surface area contributed by atoms with Gasteiger partial charge in [0.2, 0.25) is 0 Å². The van der Waals surface area contributed by atoms with Crippen LogP contribution in [0.5, 0.6) is 0 Å². The van der Waals surface area contributed by atoms with Crippen molar-refractivity contribution in [2.24, 2.45) is 0 Å². The third kappa shape index (κ3) is 6.05. The topological polar surface area (TPSA) is 73.5 Å². The molecule has 6 nitrogen and oxygen atoms in total. The van der Waals surface area contributed by atoms with Crippen LogP contribution in [0.4, 0.5) is 16.2 Å². The van der Waals surface area contributed by atoms with E-state index < -0.39 is 0 Å². The maximum absolute atomic E-state index is 12.0. The van der Waals surface area contributed by atoms with Gasteiger partial charge in [0.25, 0.3) is 5.91 Å². The van der Waals surface area contributed by atoms with E-state index in [1.807, 2.05) is 44.1 Å². The lowest BCUT2D eigenvalue weighted by atomic mass is 10.1. The van der Waals surface area contributed by atoms with Crippen LogP contribution in [0.15, 0.2) is 36.4 Å². The van der Waals surface area contributed by atoms with Crippen molar-refractivity contribution in [2.75, 3.05) is 37.4 Å². The monoisotopic (exact) mass is 408 g/mol. The molecule has 0 aromatic heterocycles. The van der Waals surface area contributed by atoms with Crippen molar-refractivity contribution in [2.45, 2.75) is 6.92 Å². The van der Waals surface area contributed by atoms with E-state index in [1.54, 1.807) is 12.1 Å². The first-order valence-corrected chi connectivity index (χ1v) is 9.09. The number of carbonyl (C=O) groups excluding carboxylic acids is 2. The Morgan fingerprint density at radius 1 is 0.963 bits per heavy atom. The molecule has 0 radical (unpaired) electrons. The van der Waals surface area contributed by atoms with Crippen molar-refractivity contribution in [1.82, 2.24) is 10.6 Å². The zero-order chi connectivity index (χ0) is 20.0. The standard InChI is InChI=1S/C19H22Cl2N4O2/c1-12-10-14(5-7-17(12)25(2)3)24-19(27)23-9-8-22-18(26)13-4-6-15(20)16(21)11-13/h4-7,10-11H,8-9H2,1-3H3,(H,22,26)(H2,23,24,27).